The van der Waals surface area contributed by atoms with Gasteiger partial charge in [-0.15, -0.1) is 0 Å². The van der Waals surface area contributed by atoms with Crippen LogP contribution in [-0.2, 0) is 29.0 Å². The zero-order valence-corrected chi connectivity index (χ0v) is 22.2. The Morgan fingerprint density at radius 1 is 0.861 bits per heavy atom. The summed E-state index contributed by atoms with van der Waals surface area (Å²) < 4.78 is 0. The van der Waals surface area contributed by atoms with Crippen LogP contribution in [0.4, 0.5) is 0 Å². The molecule has 2 amide bonds. The fraction of sp³-hybridized carbons (Fsp3) is 0.375. The molecule has 0 aliphatic rings. The molecular weight excluding hydrogens is 444 g/mol. The highest BCUT2D eigenvalue weighted by molar-refractivity contribution is 5.88. The number of hydrogen-bond acceptors (Lipinski definition) is 2. The molecule has 3 aromatic carbocycles. The van der Waals surface area contributed by atoms with E-state index in [0.717, 1.165) is 28.7 Å². The lowest BCUT2D eigenvalue weighted by Gasteiger charge is -2.32. The van der Waals surface area contributed by atoms with Crippen molar-refractivity contribution < 1.29 is 9.59 Å². The number of carbonyl (C=O) groups is 2. The third-order valence-corrected chi connectivity index (χ3v) is 6.53. The molecule has 190 valence electrons. The van der Waals surface area contributed by atoms with Gasteiger partial charge in [-0.25, -0.2) is 0 Å². The number of carbonyl (C=O) groups excluding carboxylic acids is 2. The van der Waals surface area contributed by atoms with Crippen LogP contribution < -0.4 is 5.32 Å². The summed E-state index contributed by atoms with van der Waals surface area (Å²) in [5.74, 6) is 0.380. The standard InChI is InChI=1S/C32H40N2O2/c1-5-20-33-32(36)30(22-27-11-7-6-8-12-27)34(23-28-13-9-10-25(4)21-28)31(35)19-16-26-14-17-29(18-15-26)24(2)3/h6-15,17-18,21,24,30H,5,16,19-20,22-23H2,1-4H3,(H,33,36). The Balaban J connectivity index is 1.86. The molecule has 0 bridgehead atoms. The van der Waals surface area contributed by atoms with Crippen LogP contribution in [0.3, 0.4) is 0 Å². The topological polar surface area (TPSA) is 49.4 Å². The monoisotopic (exact) mass is 484 g/mol. The van der Waals surface area contributed by atoms with Crippen molar-refractivity contribution in [2.75, 3.05) is 6.54 Å². The van der Waals surface area contributed by atoms with Crippen molar-refractivity contribution in [2.45, 2.75) is 71.9 Å². The van der Waals surface area contributed by atoms with Gasteiger partial charge in [0, 0.05) is 25.9 Å². The second-order valence-electron chi connectivity index (χ2n) is 9.90. The van der Waals surface area contributed by atoms with E-state index in [0.29, 0.717) is 38.3 Å². The molecule has 0 heterocycles. The minimum absolute atomic E-state index is 0.00276. The van der Waals surface area contributed by atoms with Crippen molar-refractivity contribution in [2.24, 2.45) is 0 Å². The summed E-state index contributed by atoms with van der Waals surface area (Å²) in [7, 11) is 0. The molecule has 0 aliphatic carbocycles. The minimum atomic E-state index is -0.574. The van der Waals surface area contributed by atoms with Gasteiger partial charge < -0.3 is 10.2 Å². The number of aryl methyl sites for hydroxylation is 2. The Labute approximate surface area is 216 Å². The lowest BCUT2D eigenvalue weighted by atomic mass is 9.99. The summed E-state index contributed by atoms with van der Waals surface area (Å²) >= 11 is 0. The molecule has 0 spiro atoms. The van der Waals surface area contributed by atoms with E-state index in [1.54, 1.807) is 4.90 Å². The summed E-state index contributed by atoms with van der Waals surface area (Å²) in [4.78, 5) is 28.9. The van der Waals surface area contributed by atoms with E-state index >= 15 is 0 Å². The van der Waals surface area contributed by atoms with Gasteiger partial charge in [0.05, 0.1) is 0 Å². The second-order valence-corrected chi connectivity index (χ2v) is 9.90. The van der Waals surface area contributed by atoms with Crippen molar-refractivity contribution in [1.82, 2.24) is 10.2 Å². The maximum absolute atomic E-state index is 13.7. The second kappa shape index (κ2) is 13.6. The van der Waals surface area contributed by atoms with E-state index in [9.17, 15) is 9.59 Å². The van der Waals surface area contributed by atoms with Gasteiger partial charge in [0.2, 0.25) is 11.8 Å². The van der Waals surface area contributed by atoms with Gasteiger partial charge in [0.25, 0.3) is 0 Å². The van der Waals surface area contributed by atoms with Gasteiger partial charge in [0.1, 0.15) is 6.04 Å². The minimum Gasteiger partial charge on any atom is -0.354 e. The van der Waals surface area contributed by atoms with Crippen molar-refractivity contribution in [3.8, 4) is 0 Å². The molecule has 0 saturated heterocycles. The SMILES string of the molecule is CCCNC(=O)C(Cc1ccccc1)N(Cc1cccc(C)c1)C(=O)CCc1ccc(C(C)C)cc1. The van der Waals surface area contributed by atoms with E-state index in [1.165, 1.54) is 5.56 Å². The number of benzene rings is 3. The molecular formula is C32H40N2O2. The molecule has 1 unspecified atom stereocenters. The zero-order valence-electron chi connectivity index (χ0n) is 22.2. The average Bonchev–Trinajstić information content (AvgIpc) is 2.88. The maximum atomic E-state index is 13.7. The zero-order chi connectivity index (χ0) is 25.9. The number of nitrogens with one attached hydrogen (secondary N) is 1. The fourth-order valence-corrected chi connectivity index (χ4v) is 4.39. The van der Waals surface area contributed by atoms with Crippen LogP contribution in [0.25, 0.3) is 0 Å². The van der Waals surface area contributed by atoms with Crippen LogP contribution in [0, 0.1) is 6.92 Å². The molecule has 4 heteroatoms. The van der Waals surface area contributed by atoms with Crippen molar-refractivity contribution >= 4 is 11.8 Å². The summed E-state index contributed by atoms with van der Waals surface area (Å²) in [6, 6.07) is 26.1. The lowest BCUT2D eigenvalue weighted by molar-refractivity contribution is -0.141. The first-order chi connectivity index (χ1) is 17.4. The van der Waals surface area contributed by atoms with Crippen LogP contribution in [0.2, 0.25) is 0 Å². The number of amides is 2. The highest BCUT2D eigenvalue weighted by Gasteiger charge is 2.30. The Bertz CT molecular complexity index is 1110. The molecule has 0 aliphatic heterocycles. The predicted molar refractivity (Wildman–Crippen MR) is 148 cm³/mol. The Morgan fingerprint density at radius 2 is 1.56 bits per heavy atom. The maximum Gasteiger partial charge on any atom is 0.243 e. The van der Waals surface area contributed by atoms with Crippen molar-refractivity contribution in [3.05, 3.63) is 107 Å². The summed E-state index contributed by atoms with van der Waals surface area (Å²) in [6.07, 6.45) is 2.34. The van der Waals surface area contributed by atoms with Gasteiger partial charge in [-0.2, -0.15) is 0 Å². The van der Waals surface area contributed by atoms with Crippen LogP contribution >= 0.6 is 0 Å². The van der Waals surface area contributed by atoms with Gasteiger partial charge in [-0.05, 0) is 47.9 Å². The Kier molecular flexibility index (Phi) is 10.3. The highest BCUT2D eigenvalue weighted by Crippen LogP contribution is 2.19. The molecule has 36 heavy (non-hydrogen) atoms. The highest BCUT2D eigenvalue weighted by atomic mass is 16.2. The van der Waals surface area contributed by atoms with Crippen molar-refractivity contribution in [3.63, 3.8) is 0 Å². The first kappa shape index (κ1) is 27.2. The number of nitrogens with zero attached hydrogens (tertiary/aromatic N) is 1. The van der Waals surface area contributed by atoms with Gasteiger partial charge in [-0.1, -0.05) is 105 Å². The third-order valence-electron chi connectivity index (χ3n) is 6.53. The molecule has 0 saturated carbocycles. The smallest absolute Gasteiger partial charge is 0.243 e. The molecule has 0 aromatic heterocycles. The van der Waals surface area contributed by atoms with E-state index in [4.69, 9.17) is 0 Å². The number of hydrogen-bond donors (Lipinski definition) is 1. The first-order valence-electron chi connectivity index (χ1n) is 13.1. The quantitative estimate of drug-likeness (QED) is 0.332. The molecule has 0 radical (unpaired) electrons. The van der Waals surface area contributed by atoms with Gasteiger partial charge in [0.15, 0.2) is 0 Å². The van der Waals surface area contributed by atoms with Crippen molar-refractivity contribution in [1.29, 1.82) is 0 Å². The summed E-state index contributed by atoms with van der Waals surface area (Å²) in [6.45, 7) is 9.44. The van der Waals surface area contributed by atoms with Crippen LogP contribution in [-0.4, -0.2) is 29.3 Å². The van der Waals surface area contributed by atoms with Crippen LogP contribution in [0.5, 0.6) is 0 Å². The molecule has 1 N–H and O–H groups in total. The Morgan fingerprint density at radius 3 is 2.19 bits per heavy atom. The first-order valence-corrected chi connectivity index (χ1v) is 13.1. The van der Waals surface area contributed by atoms with E-state index in [2.05, 4.69) is 49.5 Å². The molecule has 3 rings (SSSR count). The molecule has 3 aromatic rings. The fourth-order valence-electron chi connectivity index (χ4n) is 4.39. The molecule has 4 nitrogen and oxygen atoms in total. The predicted octanol–water partition coefficient (Wildman–Crippen LogP) is 6.22. The lowest BCUT2D eigenvalue weighted by Crippen LogP contribution is -2.50. The normalized spacial score (nSPS) is 11.8. The number of rotatable bonds is 12. The van der Waals surface area contributed by atoms with E-state index < -0.39 is 6.04 Å². The van der Waals surface area contributed by atoms with Crippen LogP contribution in [0.1, 0.15) is 67.3 Å². The van der Waals surface area contributed by atoms with E-state index in [-0.39, 0.29) is 11.8 Å². The third kappa shape index (κ3) is 8.08. The average molecular weight is 485 g/mol. The largest absolute Gasteiger partial charge is 0.354 e. The van der Waals surface area contributed by atoms with Crippen LogP contribution in [0.15, 0.2) is 78.9 Å². The van der Waals surface area contributed by atoms with Gasteiger partial charge in [-0.3, -0.25) is 9.59 Å². The molecule has 0 fully saturated rings. The Hall–Kier alpha value is -3.40. The summed E-state index contributed by atoms with van der Waals surface area (Å²) in [5.41, 5.74) is 5.65. The van der Waals surface area contributed by atoms with E-state index in [1.807, 2.05) is 62.4 Å². The molecule has 1 atom stereocenters. The van der Waals surface area contributed by atoms with Gasteiger partial charge >= 0.3 is 0 Å². The summed E-state index contributed by atoms with van der Waals surface area (Å²) in [5, 5.41) is 3.04.